The highest BCUT2D eigenvalue weighted by Crippen LogP contribution is 2.36. The van der Waals surface area contributed by atoms with Gasteiger partial charge in [-0.15, -0.1) is 10.2 Å². The predicted molar refractivity (Wildman–Crippen MR) is 98.8 cm³/mol. The van der Waals surface area contributed by atoms with Gasteiger partial charge in [0.1, 0.15) is 0 Å². The van der Waals surface area contributed by atoms with Gasteiger partial charge in [-0.25, -0.2) is 0 Å². The number of nitrogens with zero attached hydrogens (tertiary/aromatic N) is 3. The van der Waals surface area contributed by atoms with E-state index < -0.39 is 0 Å². The standard InChI is InChI=1S/C20H19N5O/c26-20(21-12-18-24-23-17-10-3-4-11-25(17)18)15-8-5-7-14-13-6-1-2-9-16(13)22-19(14)15/h1-4,6,9-11,15,22H,5,7-8,12H2,(H,21,26). The smallest absolute Gasteiger partial charge is 0.229 e. The second-order valence-electron chi connectivity index (χ2n) is 6.77. The number of H-pyrrole nitrogens is 1. The van der Waals surface area contributed by atoms with E-state index in [1.54, 1.807) is 0 Å². The molecule has 6 nitrogen and oxygen atoms in total. The van der Waals surface area contributed by atoms with Crippen molar-refractivity contribution in [1.82, 2.24) is 24.9 Å². The number of aryl methyl sites for hydroxylation is 1. The van der Waals surface area contributed by atoms with E-state index in [4.69, 9.17) is 0 Å². The molecule has 6 heteroatoms. The van der Waals surface area contributed by atoms with Gasteiger partial charge in [-0.1, -0.05) is 24.3 Å². The van der Waals surface area contributed by atoms with Crippen LogP contribution in [0.4, 0.5) is 0 Å². The zero-order chi connectivity index (χ0) is 17.5. The molecule has 1 amide bonds. The Hall–Kier alpha value is -3.15. The Morgan fingerprint density at radius 3 is 3.04 bits per heavy atom. The van der Waals surface area contributed by atoms with E-state index in [-0.39, 0.29) is 11.8 Å². The molecule has 0 saturated heterocycles. The zero-order valence-electron chi connectivity index (χ0n) is 14.3. The highest BCUT2D eigenvalue weighted by Gasteiger charge is 2.29. The van der Waals surface area contributed by atoms with E-state index in [1.807, 2.05) is 34.9 Å². The van der Waals surface area contributed by atoms with Gasteiger partial charge in [0.2, 0.25) is 5.91 Å². The lowest BCUT2D eigenvalue weighted by Crippen LogP contribution is -2.31. The number of nitrogens with one attached hydrogen (secondary N) is 2. The van der Waals surface area contributed by atoms with Crippen molar-refractivity contribution in [3.05, 3.63) is 65.7 Å². The fourth-order valence-corrected chi connectivity index (χ4v) is 3.98. The van der Waals surface area contributed by atoms with Crippen LogP contribution >= 0.6 is 0 Å². The lowest BCUT2D eigenvalue weighted by molar-refractivity contribution is -0.123. The summed E-state index contributed by atoms with van der Waals surface area (Å²) in [7, 11) is 0. The van der Waals surface area contributed by atoms with E-state index in [0.29, 0.717) is 6.54 Å². The number of amides is 1. The molecule has 3 aromatic heterocycles. The summed E-state index contributed by atoms with van der Waals surface area (Å²) in [6.07, 6.45) is 4.83. The van der Waals surface area contributed by atoms with E-state index in [0.717, 1.165) is 41.9 Å². The number of fused-ring (bicyclic) bond motifs is 4. The Morgan fingerprint density at radius 2 is 2.08 bits per heavy atom. The molecule has 5 rings (SSSR count). The van der Waals surface area contributed by atoms with Crippen LogP contribution in [-0.2, 0) is 17.8 Å². The molecular weight excluding hydrogens is 326 g/mol. The van der Waals surface area contributed by atoms with Crippen LogP contribution in [0.2, 0.25) is 0 Å². The molecule has 1 unspecified atom stereocenters. The molecule has 1 atom stereocenters. The maximum absolute atomic E-state index is 12.9. The summed E-state index contributed by atoms with van der Waals surface area (Å²) in [6, 6.07) is 14.0. The third kappa shape index (κ3) is 2.37. The van der Waals surface area contributed by atoms with Crippen LogP contribution in [0.15, 0.2) is 48.7 Å². The van der Waals surface area contributed by atoms with Crippen molar-refractivity contribution in [2.24, 2.45) is 0 Å². The highest BCUT2D eigenvalue weighted by atomic mass is 16.1. The molecule has 1 aliphatic rings. The molecule has 26 heavy (non-hydrogen) atoms. The number of para-hydroxylation sites is 1. The number of hydrogen-bond acceptors (Lipinski definition) is 3. The van der Waals surface area contributed by atoms with Crippen LogP contribution < -0.4 is 5.32 Å². The van der Waals surface area contributed by atoms with E-state index >= 15 is 0 Å². The van der Waals surface area contributed by atoms with Crippen LogP contribution in [0.25, 0.3) is 16.6 Å². The second-order valence-corrected chi connectivity index (χ2v) is 6.77. The Kier molecular flexibility index (Phi) is 3.48. The number of carbonyl (C=O) groups excluding carboxylic acids is 1. The first kappa shape index (κ1) is 15.1. The fourth-order valence-electron chi connectivity index (χ4n) is 3.98. The molecule has 1 aromatic carbocycles. The lowest BCUT2D eigenvalue weighted by Gasteiger charge is -2.21. The van der Waals surface area contributed by atoms with Crippen molar-refractivity contribution >= 4 is 22.5 Å². The van der Waals surface area contributed by atoms with Gasteiger partial charge in [-0.05, 0) is 43.0 Å². The van der Waals surface area contributed by atoms with E-state index in [1.165, 1.54) is 10.9 Å². The van der Waals surface area contributed by atoms with Gasteiger partial charge in [0, 0.05) is 22.8 Å². The van der Waals surface area contributed by atoms with Crippen molar-refractivity contribution in [3.63, 3.8) is 0 Å². The Balaban J connectivity index is 1.40. The van der Waals surface area contributed by atoms with Gasteiger partial charge in [-0.2, -0.15) is 0 Å². The zero-order valence-corrected chi connectivity index (χ0v) is 14.3. The third-order valence-corrected chi connectivity index (χ3v) is 5.24. The Morgan fingerprint density at radius 1 is 1.19 bits per heavy atom. The molecule has 130 valence electrons. The van der Waals surface area contributed by atoms with Gasteiger partial charge >= 0.3 is 0 Å². The van der Waals surface area contributed by atoms with Gasteiger partial charge in [0.15, 0.2) is 11.5 Å². The lowest BCUT2D eigenvalue weighted by atomic mass is 9.86. The fraction of sp³-hybridized carbons (Fsp3) is 0.250. The molecule has 0 fully saturated rings. The van der Waals surface area contributed by atoms with Crippen LogP contribution in [0, 0.1) is 0 Å². The monoisotopic (exact) mass is 345 g/mol. The second kappa shape index (κ2) is 5.98. The van der Waals surface area contributed by atoms with Crippen molar-refractivity contribution in [1.29, 1.82) is 0 Å². The van der Waals surface area contributed by atoms with Crippen molar-refractivity contribution in [2.75, 3.05) is 0 Å². The first-order chi connectivity index (χ1) is 12.8. The molecule has 0 saturated carbocycles. The third-order valence-electron chi connectivity index (χ3n) is 5.24. The molecule has 1 aliphatic carbocycles. The van der Waals surface area contributed by atoms with Crippen molar-refractivity contribution in [3.8, 4) is 0 Å². The van der Waals surface area contributed by atoms with Crippen molar-refractivity contribution in [2.45, 2.75) is 31.7 Å². The van der Waals surface area contributed by atoms with Crippen molar-refractivity contribution < 1.29 is 4.79 Å². The predicted octanol–water partition coefficient (Wildman–Crippen LogP) is 2.95. The number of pyridine rings is 1. The summed E-state index contributed by atoms with van der Waals surface area (Å²) in [5.41, 5.74) is 4.26. The quantitative estimate of drug-likeness (QED) is 0.599. The number of carbonyl (C=O) groups is 1. The molecular formula is C20H19N5O. The number of aromatic nitrogens is 4. The highest BCUT2D eigenvalue weighted by molar-refractivity contribution is 5.90. The first-order valence-electron chi connectivity index (χ1n) is 8.97. The minimum absolute atomic E-state index is 0.0465. The number of benzene rings is 1. The molecule has 0 aliphatic heterocycles. The average molecular weight is 345 g/mol. The number of aromatic amines is 1. The largest absolute Gasteiger partial charge is 0.357 e. The Bertz CT molecular complexity index is 1110. The molecule has 3 heterocycles. The minimum Gasteiger partial charge on any atom is -0.357 e. The maximum atomic E-state index is 12.9. The SMILES string of the molecule is O=C(NCc1nnc2ccccn12)C1CCCc2c1[nH]c1ccccc21. The summed E-state index contributed by atoms with van der Waals surface area (Å²) in [4.78, 5) is 16.4. The first-order valence-corrected chi connectivity index (χ1v) is 8.97. The van der Waals surface area contributed by atoms with Crippen LogP contribution in [0.5, 0.6) is 0 Å². The normalized spacial score (nSPS) is 16.7. The maximum Gasteiger partial charge on any atom is 0.229 e. The summed E-state index contributed by atoms with van der Waals surface area (Å²) in [6.45, 7) is 0.371. The average Bonchev–Trinajstić information content (AvgIpc) is 3.27. The topological polar surface area (TPSA) is 75.1 Å². The number of rotatable bonds is 3. The summed E-state index contributed by atoms with van der Waals surface area (Å²) in [5, 5.41) is 12.6. The summed E-state index contributed by atoms with van der Waals surface area (Å²) < 4.78 is 1.90. The van der Waals surface area contributed by atoms with Gasteiger partial charge in [0.25, 0.3) is 0 Å². The van der Waals surface area contributed by atoms with E-state index in [9.17, 15) is 4.79 Å². The number of hydrogen-bond donors (Lipinski definition) is 2. The molecule has 0 spiro atoms. The van der Waals surface area contributed by atoms with Gasteiger partial charge < -0.3 is 10.3 Å². The Labute approximate surface area is 150 Å². The molecule has 0 radical (unpaired) electrons. The van der Waals surface area contributed by atoms with Crippen LogP contribution in [0.3, 0.4) is 0 Å². The van der Waals surface area contributed by atoms with Crippen LogP contribution in [-0.4, -0.2) is 25.5 Å². The minimum atomic E-state index is -0.134. The van der Waals surface area contributed by atoms with Gasteiger partial charge in [0.05, 0.1) is 12.5 Å². The molecule has 0 bridgehead atoms. The van der Waals surface area contributed by atoms with Crippen LogP contribution in [0.1, 0.15) is 35.8 Å². The van der Waals surface area contributed by atoms with E-state index in [2.05, 4.69) is 38.7 Å². The molecule has 2 N–H and O–H groups in total. The van der Waals surface area contributed by atoms with Gasteiger partial charge in [-0.3, -0.25) is 9.20 Å². The molecule has 4 aromatic rings. The summed E-state index contributed by atoms with van der Waals surface area (Å²) in [5.74, 6) is 0.650. The summed E-state index contributed by atoms with van der Waals surface area (Å²) >= 11 is 0.